The van der Waals surface area contributed by atoms with Gasteiger partial charge in [-0.05, 0) is 54.8 Å². The summed E-state index contributed by atoms with van der Waals surface area (Å²) in [5.74, 6) is 0. The molecule has 0 bridgehead atoms. The molecular formula is C27H30ClN5O. The molecule has 0 fully saturated rings. The standard InChI is InChI=1S/C27H30ClN5O/c1-20-25-19-31(17-23-6-4-5-22(15-23)16-30)14-11-26(25)32(13-3-2-12-29)27(34)33(20)18-21-7-9-24(28)10-8-21/h4-10,15H,1-3,11-14,17-19,29H2. The zero-order valence-electron chi connectivity index (χ0n) is 19.3. The van der Waals surface area contributed by atoms with Gasteiger partial charge in [-0.2, -0.15) is 5.26 Å². The number of hydrogen-bond donors (Lipinski definition) is 1. The highest BCUT2D eigenvalue weighted by molar-refractivity contribution is 6.30. The Bertz CT molecular complexity index is 1130. The van der Waals surface area contributed by atoms with E-state index in [0.717, 1.165) is 60.4 Å². The van der Waals surface area contributed by atoms with Crippen molar-refractivity contribution in [2.24, 2.45) is 5.73 Å². The average molecular weight is 476 g/mol. The fourth-order valence-corrected chi connectivity index (χ4v) is 4.74. The van der Waals surface area contributed by atoms with Crippen molar-refractivity contribution < 1.29 is 4.79 Å². The number of rotatable bonds is 8. The van der Waals surface area contributed by atoms with Crippen molar-refractivity contribution in [1.82, 2.24) is 14.7 Å². The Labute approximate surface area is 206 Å². The predicted molar refractivity (Wildman–Crippen MR) is 135 cm³/mol. The summed E-state index contributed by atoms with van der Waals surface area (Å²) in [5.41, 5.74) is 11.5. The van der Waals surface area contributed by atoms with Gasteiger partial charge < -0.3 is 5.73 Å². The van der Waals surface area contributed by atoms with E-state index in [4.69, 9.17) is 17.3 Å². The highest BCUT2D eigenvalue weighted by Gasteiger charge is 2.37. The number of hydrogen-bond acceptors (Lipinski definition) is 4. The lowest BCUT2D eigenvalue weighted by molar-refractivity contribution is 0.156. The number of amides is 2. The summed E-state index contributed by atoms with van der Waals surface area (Å²) < 4.78 is 0. The largest absolute Gasteiger partial charge is 0.330 e. The second-order valence-corrected chi connectivity index (χ2v) is 9.22. The number of urea groups is 1. The molecule has 7 heteroatoms. The number of nitrogens with two attached hydrogens (primary N) is 1. The second-order valence-electron chi connectivity index (χ2n) is 8.79. The third kappa shape index (κ3) is 5.34. The topological polar surface area (TPSA) is 76.6 Å². The number of halogens is 1. The lowest BCUT2D eigenvalue weighted by atomic mass is 9.97. The SMILES string of the molecule is C=C1C2=C(CCN(Cc3cccc(C#N)c3)C2)N(CCCCN)C(=O)N1Cc1ccc(Cl)cc1. The molecular weight excluding hydrogens is 446 g/mol. The molecule has 34 heavy (non-hydrogen) atoms. The number of nitriles is 1. The second kappa shape index (κ2) is 10.9. The van der Waals surface area contributed by atoms with E-state index >= 15 is 0 Å². The minimum atomic E-state index is -0.0223. The molecule has 0 unspecified atom stereocenters. The molecule has 2 aromatic carbocycles. The molecule has 2 aromatic rings. The van der Waals surface area contributed by atoms with Crippen LogP contribution in [0.2, 0.25) is 5.02 Å². The maximum absolute atomic E-state index is 13.6. The smallest absolute Gasteiger partial charge is 0.329 e. The van der Waals surface area contributed by atoms with E-state index in [-0.39, 0.29) is 6.03 Å². The third-order valence-electron chi connectivity index (χ3n) is 6.41. The summed E-state index contributed by atoms with van der Waals surface area (Å²) in [5, 5.41) is 9.90. The van der Waals surface area contributed by atoms with Gasteiger partial charge in [-0.15, -0.1) is 0 Å². The first-order chi connectivity index (χ1) is 16.5. The first-order valence-electron chi connectivity index (χ1n) is 11.7. The van der Waals surface area contributed by atoms with Crippen molar-refractivity contribution in [3.63, 3.8) is 0 Å². The van der Waals surface area contributed by atoms with Gasteiger partial charge >= 0.3 is 6.03 Å². The number of benzene rings is 2. The molecule has 2 heterocycles. The number of unbranched alkanes of at least 4 members (excludes halogenated alkanes) is 1. The number of carbonyl (C=O) groups is 1. The van der Waals surface area contributed by atoms with E-state index in [1.54, 1.807) is 4.90 Å². The highest BCUT2D eigenvalue weighted by atomic mass is 35.5. The molecule has 0 saturated carbocycles. The van der Waals surface area contributed by atoms with Crippen molar-refractivity contribution in [2.45, 2.75) is 32.4 Å². The van der Waals surface area contributed by atoms with E-state index < -0.39 is 0 Å². The normalized spacial score (nSPS) is 16.6. The van der Waals surface area contributed by atoms with Crippen LogP contribution in [0.25, 0.3) is 0 Å². The van der Waals surface area contributed by atoms with E-state index in [2.05, 4.69) is 23.6 Å². The van der Waals surface area contributed by atoms with Crippen LogP contribution in [0.15, 0.2) is 72.1 Å². The van der Waals surface area contributed by atoms with E-state index in [1.807, 2.05) is 47.4 Å². The fourth-order valence-electron chi connectivity index (χ4n) is 4.62. The van der Waals surface area contributed by atoms with E-state index in [0.29, 0.717) is 36.8 Å². The van der Waals surface area contributed by atoms with Crippen LogP contribution in [0, 0.1) is 11.3 Å². The maximum Gasteiger partial charge on any atom is 0.329 e. The number of nitrogens with zero attached hydrogens (tertiary/aromatic N) is 4. The van der Waals surface area contributed by atoms with Crippen molar-refractivity contribution in [3.05, 3.63) is 93.8 Å². The number of carbonyl (C=O) groups excluding carboxylic acids is 1. The summed E-state index contributed by atoms with van der Waals surface area (Å²) in [6.45, 7) is 8.38. The molecule has 0 aliphatic carbocycles. The van der Waals surface area contributed by atoms with E-state index in [9.17, 15) is 10.1 Å². The Kier molecular flexibility index (Phi) is 7.69. The molecule has 2 aliphatic heterocycles. The molecule has 0 saturated heterocycles. The summed E-state index contributed by atoms with van der Waals surface area (Å²) in [4.78, 5) is 19.6. The molecule has 2 N–H and O–H groups in total. The van der Waals surface area contributed by atoms with Gasteiger partial charge in [0.1, 0.15) is 0 Å². The summed E-state index contributed by atoms with van der Waals surface area (Å²) >= 11 is 6.05. The molecule has 0 spiro atoms. The van der Waals surface area contributed by atoms with Crippen molar-refractivity contribution in [3.8, 4) is 6.07 Å². The molecule has 0 aromatic heterocycles. The maximum atomic E-state index is 13.6. The quantitative estimate of drug-likeness (QED) is 0.553. The molecule has 2 aliphatic rings. The Hall–Kier alpha value is -3.11. The van der Waals surface area contributed by atoms with Crippen LogP contribution in [-0.2, 0) is 13.1 Å². The minimum Gasteiger partial charge on any atom is -0.330 e. The summed E-state index contributed by atoms with van der Waals surface area (Å²) in [6.07, 6.45) is 2.53. The van der Waals surface area contributed by atoms with Gasteiger partial charge in [0, 0.05) is 54.6 Å². The van der Waals surface area contributed by atoms with Crippen LogP contribution in [-0.4, -0.2) is 46.9 Å². The van der Waals surface area contributed by atoms with Crippen LogP contribution in [0.1, 0.15) is 36.0 Å². The third-order valence-corrected chi connectivity index (χ3v) is 6.66. The zero-order chi connectivity index (χ0) is 24.1. The highest BCUT2D eigenvalue weighted by Crippen LogP contribution is 2.35. The molecule has 0 atom stereocenters. The van der Waals surface area contributed by atoms with Gasteiger partial charge in [0.25, 0.3) is 0 Å². The summed E-state index contributed by atoms with van der Waals surface area (Å²) in [7, 11) is 0. The molecule has 2 amide bonds. The Morgan fingerprint density at radius 2 is 1.85 bits per heavy atom. The Morgan fingerprint density at radius 3 is 2.59 bits per heavy atom. The van der Waals surface area contributed by atoms with Gasteiger partial charge in [-0.25, -0.2) is 4.79 Å². The van der Waals surface area contributed by atoms with Crippen molar-refractivity contribution >= 4 is 17.6 Å². The lowest BCUT2D eigenvalue weighted by Gasteiger charge is -2.44. The molecule has 6 nitrogen and oxygen atoms in total. The van der Waals surface area contributed by atoms with Crippen molar-refractivity contribution in [2.75, 3.05) is 26.2 Å². The van der Waals surface area contributed by atoms with Crippen LogP contribution in [0.5, 0.6) is 0 Å². The lowest BCUT2D eigenvalue weighted by Crippen LogP contribution is -2.50. The molecule has 0 radical (unpaired) electrons. The zero-order valence-corrected chi connectivity index (χ0v) is 20.1. The monoisotopic (exact) mass is 475 g/mol. The molecule has 4 rings (SSSR count). The van der Waals surface area contributed by atoms with Gasteiger partial charge in [0.15, 0.2) is 0 Å². The van der Waals surface area contributed by atoms with Crippen LogP contribution >= 0.6 is 11.6 Å². The van der Waals surface area contributed by atoms with Gasteiger partial charge in [-0.3, -0.25) is 14.7 Å². The predicted octanol–water partition coefficient (Wildman–Crippen LogP) is 4.86. The van der Waals surface area contributed by atoms with Gasteiger partial charge in [0.2, 0.25) is 0 Å². The van der Waals surface area contributed by atoms with Crippen LogP contribution in [0.4, 0.5) is 4.79 Å². The van der Waals surface area contributed by atoms with Crippen LogP contribution < -0.4 is 5.73 Å². The average Bonchev–Trinajstić information content (AvgIpc) is 2.85. The van der Waals surface area contributed by atoms with Crippen molar-refractivity contribution in [1.29, 1.82) is 5.26 Å². The first-order valence-corrected chi connectivity index (χ1v) is 12.0. The first kappa shape index (κ1) is 24.0. The van der Waals surface area contributed by atoms with Gasteiger partial charge in [0.05, 0.1) is 18.2 Å². The van der Waals surface area contributed by atoms with Crippen LogP contribution in [0.3, 0.4) is 0 Å². The van der Waals surface area contributed by atoms with Gasteiger partial charge in [-0.1, -0.05) is 42.4 Å². The Balaban J connectivity index is 1.58. The fraction of sp³-hybridized carbons (Fsp3) is 0.333. The summed E-state index contributed by atoms with van der Waals surface area (Å²) in [6, 6.07) is 17.5. The minimum absolute atomic E-state index is 0.0223. The van der Waals surface area contributed by atoms with E-state index in [1.165, 1.54) is 0 Å². The molecule has 176 valence electrons. The Morgan fingerprint density at radius 1 is 1.06 bits per heavy atom.